The number of carbonyl (C=O) groups is 1. The largest absolute Gasteiger partial charge is 0.466 e. The van der Waals surface area contributed by atoms with Crippen LogP contribution in [0.15, 0.2) is 30.3 Å². The summed E-state index contributed by atoms with van der Waals surface area (Å²) in [5.41, 5.74) is 6.23. The van der Waals surface area contributed by atoms with Crippen molar-refractivity contribution in [2.45, 2.75) is 52.6 Å². The van der Waals surface area contributed by atoms with Crippen LogP contribution >= 0.6 is 0 Å². The van der Waals surface area contributed by atoms with Crippen LogP contribution in [0.3, 0.4) is 0 Å². The fraction of sp³-hybridized carbons (Fsp3) is 0.478. The van der Waals surface area contributed by atoms with Crippen molar-refractivity contribution in [1.29, 1.82) is 0 Å². The molecular weight excluding hydrogens is 350 g/mol. The number of rotatable bonds is 7. The Balaban J connectivity index is 1.65. The van der Waals surface area contributed by atoms with Gasteiger partial charge < -0.3 is 4.74 Å². The van der Waals surface area contributed by atoms with Crippen molar-refractivity contribution in [2.24, 2.45) is 0 Å². The second kappa shape index (κ2) is 9.20. The highest BCUT2D eigenvalue weighted by molar-refractivity contribution is 5.86. The van der Waals surface area contributed by atoms with Gasteiger partial charge in [0.25, 0.3) is 0 Å². The lowest BCUT2D eigenvalue weighted by Gasteiger charge is -2.25. The van der Waals surface area contributed by atoms with E-state index in [0.717, 1.165) is 37.3 Å². The van der Waals surface area contributed by atoms with Crippen molar-refractivity contribution in [1.82, 2.24) is 14.7 Å². The van der Waals surface area contributed by atoms with Gasteiger partial charge in [0.05, 0.1) is 12.8 Å². The number of aryl methyl sites for hydroxylation is 2. The maximum absolute atomic E-state index is 11.2. The Morgan fingerprint density at radius 1 is 1.29 bits per heavy atom. The lowest BCUT2D eigenvalue weighted by Crippen LogP contribution is -2.26. The molecule has 1 unspecified atom stereocenters. The number of likely N-dealkylation sites (tertiary alicyclic amines) is 1. The number of methoxy groups -OCH3 is 1. The maximum atomic E-state index is 11.2. The Kier molecular flexibility index (Phi) is 6.68. The highest BCUT2D eigenvalue weighted by Gasteiger charge is 2.26. The highest BCUT2D eigenvalue weighted by atomic mass is 16.5. The molecule has 0 radical (unpaired) electrons. The van der Waals surface area contributed by atoms with Gasteiger partial charge in [0.15, 0.2) is 0 Å². The third-order valence-electron chi connectivity index (χ3n) is 5.78. The average molecular weight is 382 g/mol. The monoisotopic (exact) mass is 381 g/mol. The average Bonchev–Trinajstić information content (AvgIpc) is 3.29. The number of esters is 1. The predicted octanol–water partition coefficient (Wildman–Crippen LogP) is 4.09. The van der Waals surface area contributed by atoms with Gasteiger partial charge in [-0.15, -0.1) is 0 Å². The van der Waals surface area contributed by atoms with Crippen LogP contribution in [0.1, 0.15) is 53.9 Å². The molecule has 150 valence electrons. The lowest BCUT2D eigenvalue weighted by molar-refractivity contribution is -0.134. The van der Waals surface area contributed by atoms with Crippen molar-refractivity contribution in [3.05, 3.63) is 58.4 Å². The summed E-state index contributed by atoms with van der Waals surface area (Å²) in [6.45, 7) is 9.58. The minimum atomic E-state index is -0.331. The fourth-order valence-corrected chi connectivity index (χ4v) is 4.19. The standard InChI is InChI=1S/C23H31N3O2/c1-5-26-18(3)21(17(2)24-26)14-16-25-15-6-7-22(25)20-11-8-19(9-12-20)10-13-23(27)28-4/h8-13,22H,5-7,14-16H2,1-4H3/b13-10+. The molecule has 2 heterocycles. The fourth-order valence-electron chi connectivity index (χ4n) is 4.19. The Morgan fingerprint density at radius 2 is 2.04 bits per heavy atom. The summed E-state index contributed by atoms with van der Waals surface area (Å²) in [4.78, 5) is 13.8. The first kappa shape index (κ1) is 20.3. The number of hydrogen-bond donors (Lipinski definition) is 0. The van der Waals surface area contributed by atoms with E-state index >= 15 is 0 Å². The second-order valence-corrected chi connectivity index (χ2v) is 7.43. The van der Waals surface area contributed by atoms with Crippen molar-refractivity contribution >= 4 is 12.0 Å². The van der Waals surface area contributed by atoms with E-state index in [9.17, 15) is 4.79 Å². The Labute approximate surface area is 168 Å². The summed E-state index contributed by atoms with van der Waals surface area (Å²) in [6.07, 6.45) is 6.73. The van der Waals surface area contributed by atoms with Crippen molar-refractivity contribution in [3.63, 3.8) is 0 Å². The van der Waals surface area contributed by atoms with Gasteiger partial charge in [-0.1, -0.05) is 24.3 Å². The third-order valence-corrected chi connectivity index (χ3v) is 5.78. The zero-order valence-electron chi connectivity index (χ0n) is 17.4. The molecule has 28 heavy (non-hydrogen) atoms. The molecule has 1 aromatic heterocycles. The molecule has 1 fully saturated rings. The molecule has 1 saturated heterocycles. The zero-order chi connectivity index (χ0) is 20.1. The van der Waals surface area contributed by atoms with Gasteiger partial charge in [-0.05, 0) is 69.3 Å². The van der Waals surface area contributed by atoms with Crippen LogP contribution in [0.25, 0.3) is 6.08 Å². The normalized spacial score (nSPS) is 17.5. The number of benzene rings is 1. The first-order valence-electron chi connectivity index (χ1n) is 10.2. The van der Waals surface area contributed by atoms with Gasteiger partial charge in [-0.25, -0.2) is 4.79 Å². The smallest absolute Gasteiger partial charge is 0.330 e. The van der Waals surface area contributed by atoms with Gasteiger partial charge in [-0.3, -0.25) is 9.58 Å². The number of carbonyl (C=O) groups excluding carboxylic acids is 1. The van der Waals surface area contributed by atoms with Crippen LogP contribution in [-0.4, -0.2) is 40.8 Å². The minimum absolute atomic E-state index is 0.331. The van der Waals surface area contributed by atoms with Crippen molar-refractivity contribution in [3.8, 4) is 0 Å². The maximum Gasteiger partial charge on any atom is 0.330 e. The van der Waals surface area contributed by atoms with E-state index in [2.05, 4.69) is 64.5 Å². The Hall–Kier alpha value is -2.40. The molecular formula is C23H31N3O2. The summed E-state index contributed by atoms with van der Waals surface area (Å²) in [5, 5.41) is 4.66. The van der Waals surface area contributed by atoms with E-state index in [1.807, 2.05) is 0 Å². The molecule has 3 rings (SSSR count). The van der Waals surface area contributed by atoms with Crippen molar-refractivity contribution < 1.29 is 9.53 Å². The first-order chi connectivity index (χ1) is 13.5. The van der Waals surface area contributed by atoms with E-state index in [4.69, 9.17) is 0 Å². The van der Waals surface area contributed by atoms with Crippen LogP contribution in [-0.2, 0) is 22.5 Å². The molecule has 0 amide bonds. The molecule has 0 saturated carbocycles. The minimum Gasteiger partial charge on any atom is -0.466 e. The van der Waals surface area contributed by atoms with E-state index in [0.29, 0.717) is 6.04 Å². The van der Waals surface area contributed by atoms with Crippen LogP contribution in [0.5, 0.6) is 0 Å². The molecule has 1 aliphatic heterocycles. The van der Waals surface area contributed by atoms with E-state index in [1.165, 1.54) is 42.8 Å². The van der Waals surface area contributed by atoms with Gasteiger partial charge in [0.2, 0.25) is 0 Å². The first-order valence-corrected chi connectivity index (χ1v) is 10.2. The Morgan fingerprint density at radius 3 is 2.68 bits per heavy atom. The summed E-state index contributed by atoms with van der Waals surface area (Å²) < 4.78 is 6.75. The topological polar surface area (TPSA) is 47.4 Å². The Bertz CT molecular complexity index is 836. The second-order valence-electron chi connectivity index (χ2n) is 7.43. The molecule has 0 bridgehead atoms. The number of nitrogens with zero attached hydrogens (tertiary/aromatic N) is 3. The van der Waals surface area contributed by atoms with Gasteiger partial charge >= 0.3 is 5.97 Å². The molecule has 5 heteroatoms. The molecule has 1 atom stereocenters. The molecule has 0 spiro atoms. The molecule has 0 N–H and O–H groups in total. The predicted molar refractivity (Wildman–Crippen MR) is 112 cm³/mol. The number of aromatic nitrogens is 2. The van der Waals surface area contributed by atoms with E-state index < -0.39 is 0 Å². The van der Waals surface area contributed by atoms with Gasteiger partial charge in [-0.2, -0.15) is 5.10 Å². The van der Waals surface area contributed by atoms with Gasteiger partial charge in [0.1, 0.15) is 0 Å². The van der Waals surface area contributed by atoms with Crippen LogP contribution in [0.4, 0.5) is 0 Å². The number of ether oxygens (including phenoxy) is 1. The van der Waals surface area contributed by atoms with Gasteiger partial charge in [0, 0.05) is 30.9 Å². The molecule has 1 aromatic carbocycles. The van der Waals surface area contributed by atoms with E-state index in [-0.39, 0.29) is 5.97 Å². The SMILES string of the molecule is CCn1nc(C)c(CCN2CCCC2c2ccc(/C=C/C(=O)OC)cc2)c1C. The molecule has 5 nitrogen and oxygen atoms in total. The third kappa shape index (κ3) is 4.53. The van der Waals surface area contributed by atoms with Crippen LogP contribution in [0.2, 0.25) is 0 Å². The summed E-state index contributed by atoms with van der Waals surface area (Å²) in [6, 6.07) is 8.99. The van der Waals surface area contributed by atoms with E-state index in [1.54, 1.807) is 6.08 Å². The van der Waals surface area contributed by atoms with Crippen LogP contribution < -0.4 is 0 Å². The zero-order valence-corrected chi connectivity index (χ0v) is 17.4. The number of hydrogen-bond acceptors (Lipinski definition) is 4. The summed E-state index contributed by atoms with van der Waals surface area (Å²) in [7, 11) is 1.39. The summed E-state index contributed by atoms with van der Waals surface area (Å²) >= 11 is 0. The quantitative estimate of drug-likeness (QED) is 0.535. The van der Waals surface area contributed by atoms with Crippen LogP contribution in [0, 0.1) is 13.8 Å². The van der Waals surface area contributed by atoms with Crippen molar-refractivity contribution in [2.75, 3.05) is 20.2 Å². The summed E-state index contributed by atoms with van der Waals surface area (Å²) in [5.74, 6) is -0.331. The molecule has 2 aromatic rings. The lowest BCUT2D eigenvalue weighted by atomic mass is 10.0. The molecule has 1 aliphatic rings. The highest BCUT2D eigenvalue weighted by Crippen LogP contribution is 2.32. The molecule has 0 aliphatic carbocycles.